The number of hydrogen-bond acceptors (Lipinski definition) is 0. The number of hydrogen-bond donors (Lipinski definition) is 0. The maximum atomic E-state index is 6.77. The van der Waals surface area contributed by atoms with Gasteiger partial charge in [-0.2, -0.15) is 0 Å². The van der Waals surface area contributed by atoms with E-state index in [1.54, 1.807) is 0 Å². The van der Waals surface area contributed by atoms with Gasteiger partial charge in [-0.1, -0.05) is 0 Å². The molecule has 0 saturated heterocycles. The van der Waals surface area contributed by atoms with Crippen LogP contribution in [0.5, 0.6) is 0 Å². The first-order valence-corrected chi connectivity index (χ1v) is 15.9. The Bertz CT molecular complexity index is 621. The van der Waals surface area contributed by atoms with Gasteiger partial charge in [-0.25, -0.2) is 0 Å². The van der Waals surface area contributed by atoms with Crippen molar-refractivity contribution in [1.29, 1.82) is 0 Å². The molecule has 0 unspecified atom stereocenters. The van der Waals surface area contributed by atoms with Crippen LogP contribution in [0, 0.1) is 0 Å². The predicted octanol–water partition coefficient (Wildman–Crippen LogP) is 4.55. The van der Waals surface area contributed by atoms with Crippen LogP contribution in [0.15, 0.2) is 91.0 Å². The van der Waals surface area contributed by atoms with Crippen LogP contribution in [-0.2, 0) is 13.5 Å². The Morgan fingerprint density at radius 1 is 0.500 bits per heavy atom. The van der Waals surface area contributed by atoms with Gasteiger partial charge < -0.3 is 0 Å². The summed E-state index contributed by atoms with van der Waals surface area (Å²) in [5.74, 6) is 0. The quantitative estimate of drug-likeness (QED) is 0.417. The van der Waals surface area contributed by atoms with Crippen molar-refractivity contribution >= 4 is 40.9 Å². The van der Waals surface area contributed by atoms with Crippen LogP contribution in [0.4, 0.5) is 0 Å². The van der Waals surface area contributed by atoms with Gasteiger partial charge in [-0.15, -0.1) is 0 Å². The van der Waals surface area contributed by atoms with E-state index < -0.39 is 19.1 Å². The van der Waals surface area contributed by atoms with E-state index in [0.717, 1.165) is 0 Å². The molecule has 0 aliphatic rings. The fourth-order valence-corrected chi connectivity index (χ4v) is 20.4. The molecule has 0 fully saturated rings. The van der Waals surface area contributed by atoms with E-state index >= 15 is 0 Å². The molecule has 0 saturated carbocycles. The van der Waals surface area contributed by atoms with Gasteiger partial charge in [0.25, 0.3) is 0 Å². The summed E-state index contributed by atoms with van der Waals surface area (Å²) >= 11 is -2.07. The average Bonchev–Trinajstić information content (AvgIpc) is 2.58. The third-order valence-corrected chi connectivity index (χ3v) is 22.0. The maximum absolute atomic E-state index is 6.77. The molecule has 0 heterocycles. The normalized spacial score (nSPS) is 12.7. The summed E-state index contributed by atoms with van der Waals surface area (Å²) in [6, 6.07) is 31.7. The van der Waals surface area contributed by atoms with Gasteiger partial charge in [-0.3, -0.25) is 0 Å². The zero-order chi connectivity index (χ0) is 15.4. The molecule has 0 N–H and O–H groups in total. The third-order valence-electron chi connectivity index (χ3n) is 3.69. The van der Waals surface area contributed by atoms with Crippen molar-refractivity contribution < 1.29 is 13.5 Å². The number of rotatable bonds is 4. The van der Waals surface area contributed by atoms with Crippen LogP contribution in [-0.4, -0.2) is 0 Å². The Kier molecular flexibility index (Phi) is 5.32. The van der Waals surface area contributed by atoms with Crippen LogP contribution in [0.1, 0.15) is 0 Å². The molecule has 3 rings (SSSR count). The van der Waals surface area contributed by atoms with Gasteiger partial charge in [0, 0.05) is 0 Å². The Morgan fingerprint density at radius 2 is 0.773 bits per heavy atom. The van der Waals surface area contributed by atoms with E-state index in [0.29, 0.717) is 0 Å². The van der Waals surface area contributed by atoms with Gasteiger partial charge in [0.2, 0.25) is 0 Å². The molecule has 0 atom stereocenters. The standard InChI is InChI=1S/C18H15P.2ClH.Ru/c1-4-10-16(11-5-1)19(17-12-6-2-7-13-17)18-14-8-3-9-15-18;;;/h1-15H;2*1H;/q;;;+1/p-1. The minimum absolute atomic E-state index is 1.29. The number of halogens is 2. The molecule has 4 heteroatoms. The summed E-state index contributed by atoms with van der Waals surface area (Å²) in [5.41, 5.74) is -2.33. The second-order valence-electron chi connectivity index (χ2n) is 4.92. The van der Waals surface area contributed by atoms with Crippen molar-refractivity contribution in [3.8, 4) is 0 Å². The zero-order valence-electron chi connectivity index (χ0n) is 11.8. The SMILES string of the molecule is [Cl][Ru]([Cl])[PH](c1ccccc1)(c1ccccc1)c1ccccc1. The van der Waals surface area contributed by atoms with Gasteiger partial charge in [0.15, 0.2) is 0 Å². The summed E-state index contributed by atoms with van der Waals surface area (Å²) in [6.07, 6.45) is 0. The van der Waals surface area contributed by atoms with Gasteiger partial charge in [-0.05, 0) is 0 Å². The summed E-state index contributed by atoms with van der Waals surface area (Å²) < 4.78 is 0. The molecule has 3 aromatic rings. The van der Waals surface area contributed by atoms with Crippen molar-refractivity contribution in [2.75, 3.05) is 0 Å². The summed E-state index contributed by atoms with van der Waals surface area (Å²) in [5, 5.41) is 3.86. The first-order chi connectivity index (χ1) is 10.8. The van der Waals surface area contributed by atoms with Crippen molar-refractivity contribution in [2.24, 2.45) is 0 Å². The Hall–Kier alpha value is -0.707. The Labute approximate surface area is 144 Å². The fourth-order valence-electron chi connectivity index (χ4n) is 2.72. The summed E-state index contributed by atoms with van der Waals surface area (Å²) in [4.78, 5) is 0. The van der Waals surface area contributed by atoms with E-state index in [9.17, 15) is 0 Å². The van der Waals surface area contributed by atoms with Crippen molar-refractivity contribution in [2.45, 2.75) is 0 Å². The third kappa shape index (κ3) is 2.89. The topological polar surface area (TPSA) is 0 Å². The fraction of sp³-hybridized carbons (Fsp3) is 0. The molecule has 0 nitrogen and oxygen atoms in total. The predicted molar refractivity (Wildman–Crippen MR) is 98.2 cm³/mol. The Balaban J connectivity index is 2.34. The molecule has 3 aromatic carbocycles. The zero-order valence-corrected chi connectivity index (χ0v) is 16.0. The molecule has 0 aliphatic heterocycles. The summed E-state index contributed by atoms with van der Waals surface area (Å²) in [6.45, 7) is 0. The molecule has 115 valence electrons. The van der Waals surface area contributed by atoms with Crippen molar-refractivity contribution in [3.05, 3.63) is 91.0 Å². The first kappa shape index (κ1) is 16.2. The number of benzene rings is 3. The van der Waals surface area contributed by atoms with Gasteiger partial charge in [0.1, 0.15) is 0 Å². The van der Waals surface area contributed by atoms with Gasteiger partial charge in [0.05, 0.1) is 0 Å². The molecule has 0 aliphatic carbocycles. The molecule has 0 bridgehead atoms. The molecule has 0 radical (unpaired) electrons. The van der Waals surface area contributed by atoms with E-state index in [-0.39, 0.29) is 0 Å². The van der Waals surface area contributed by atoms with Crippen molar-refractivity contribution in [3.63, 3.8) is 0 Å². The van der Waals surface area contributed by atoms with E-state index in [2.05, 4.69) is 72.8 Å². The first-order valence-electron chi connectivity index (χ1n) is 6.93. The second kappa shape index (κ2) is 7.24. The van der Waals surface area contributed by atoms with Gasteiger partial charge >= 0.3 is 145 Å². The molecular formula is C18H16Cl2PRu. The summed E-state index contributed by atoms with van der Waals surface area (Å²) in [7, 11) is 13.5. The molecular weight excluding hydrogens is 419 g/mol. The van der Waals surface area contributed by atoms with Crippen molar-refractivity contribution in [1.82, 2.24) is 0 Å². The molecule has 22 heavy (non-hydrogen) atoms. The van der Waals surface area contributed by atoms with E-state index in [1.807, 2.05) is 18.2 Å². The molecule has 0 aromatic heterocycles. The average molecular weight is 435 g/mol. The van der Waals surface area contributed by atoms with E-state index in [1.165, 1.54) is 15.9 Å². The Morgan fingerprint density at radius 3 is 1.00 bits per heavy atom. The van der Waals surface area contributed by atoms with Crippen LogP contribution < -0.4 is 15.9 Å². The van der Waals surface area contributed by atoms with Crippen LogP contribution in [0.2, 0.25) is 0 Å². The minimum atomic E-state index is -2.33. The van der Waals surface area contributed by atoms with Crippen LogP contribution in [0.25, 0.3) is 0 Å². The van der Waals surface area contributed by atoms with Crippen LogP contribution in [0.3, 0.4) is 0 Å². The second-order valence-corrected chi connectivity index (χ2v) is 21.5. The monoisotopic (exact) mass is 435 g/mol. The molecule has 0 amide bonds. The van der Waals surface area contributed by atoms with E-state index in [4.69, 9.17) is 19.4 Å². The van der Waals surface area contributed by atoms with Crippen LogP contribution >= 0.6 is 25.0 Å². The molecule has 0 spiro atoms.